The van der Waals surface area contributed by atoms with Crippen molar-refractivity contribution in [1.82, 2.24) is 10.2 Å². The summed E-state index contributed by atoms with van der Waals surface area (Å²) >= 11 is 1.03. The van der Waals surface area contributed by atoms with Crippen molar-refractivity contribution >= 4 is 22.8 Å². The lowest BCUT2D eigenvalue weighted by atomic mass is 10.0. The maximum Gasteiger partial charge on any atom is 0.354 e. The van der Waals surface area contributed by atoms with Crippen LogP contribution in [0.2, 0.25) is 0 Å². The summed E-state index contributed by atoms with van der Waals surface area (Å²) in [5, 5.41) is 34.0. The highest BCUT2D eigenvalue weighted by atomic mass is 32.2. The van der Waals surface area contributed by atoms with E-state index >= 15 is 0 Å². The number of hydrogen-bond donors (Lipinski definition) is 4. The number of nitrogens with one attached hydrogen (secondary N) is 1. The highest BCUT2D eigenvalue weighted by Gasteiger charge is 2.25. The second-order valence-electron chi connectivity index (χ2n) is 3.65. The normalized spacial score (nSPS) is 14.2. The number of thioether (sulfide) groups is 1. The number of carboxylic acid groups (broad SMARTS) is 1. The third-order valence-electron chi connectivity index (χ3n) is 2.28. The van der Waals surface area contributed by atoms with Crippen LogP contribution in [0.15, 0.2) is 6.20 Å². The number of carbonyl (C=O) groups excluding carboxylic acids is 1. The molecule has 0 aliphatic carbocycles. The summed E-state index contributed by atoms with van der Waals surface area (Å²) in [5.41, 5.74) is -0.219. The first-order valence-corrected chi connectivity index (χ1v) is 6.18. The molecule has 0 amide bonds. The molecule has 0 spiro atoms. The lowest BCUT2D eigenvalue weighted by Gasteiger charge is -2.16. The number of aliphatic hydroxyl groups excluding tert-OH is 2. The number of rotatable bonds is 6. The van der Waals surface area contributed by atoms with E-state index in [4.69, 9.17) is 5.11 Å². The van der Waals surface area contributed by atoms with Crippen molar-refractivity contribution in [2.45, 2.75) is 25.6 Å². The van der Waals surface area contributed by atoms with Gasteiger partial charge in [0.2, 0.25) is 0 Å². The Labute approximate surface area is 107 Å². The summed E-state index contributed by atoms with van der Waals surface area (Å²) in [6, 6.07) is 0. The van der Waals surface area contributed by atoms with E-state index in [0.29, 0.717) is 5.75 Å². The first kappa shape index (κ1) is 14.7. The van der Waals surface area contributed by atoms with Gasteiger partial charge in [0.25, 0.3) is 0 Å². The maximum atomic E-state index is 10.8. The highest BCUT2D eigenvalue weighted by molar-refractivity contribution is 8.13. The van der Waals surface area contributed by atoms with Crippen molar-refractivity contribution in [1.29, 1.82) is 0 Å². The van der Waals surface area contributed by atoms with Gasteiger partial charge < -0.3 is 15.3 Å². The average molecular weight is 274 g/mol. The Morgan fingerprint density at radius 2 is 2.17 bits per heavy atom. The standard InChI is InChI=1S/C10H14N2O5S/c1-5(13)18-3-2-7(14)9(15)6-4-11-12-8(6)10(16)17/h4,7,9,14-15H,2-3H2,1H3,(H,11,12)(H,16,17). The smallest absolute Gasteiger partial charge is 0.354 e. The number of aromatic carboxylic acids is 1. The zero-order valence-electron chi connectivity index (χ0n) is 9.66. The molecular weight excluding hydrogens is 260 g/mol. The molecule has 1 aromatic rings. The van der Waals surface area contributed by atoms with E-state index in [0.717, 1.165) is 18.0 Å². The number of nitrogens with zero attached hydrogens (tertiary/aromatic N) is 1. The fourth-order valence-corrected chi connectivity index (χ4v) is 2.03. The van der Waals surface area contributed by atoms with Crippen molar-refractivity contribution in [3.05, 3.63) is 17.5 Å². The van der Waals surface area contributed by atoms with Gasteiger partial charge in [-0.25, -0.2) is 4.79 Å². The van der Waals surface area contributed by atoms with E-state index < -0.39 is 18.2 Å². The lowest BCUT2D eigenvalue weighted by molar-refractivity contribution is -0.109. The Kier molecular flexibility index (Phi) is 5.32. The number of H-pyrrole nitrogens is 1. The van der Waals surface area contributed by atoms with Crippen molar-refractivity contribution in [3.63, 3.8) is 0 Å². The van der Waals surface area contributed by atoms with Gasteiger partial charge in [-0.1, -0.05) is 11.8 Å². The SMILES string of the molecule is CC(=O)SCCC(O)C(O)c1cn[nH]c1C(=O)O. The molecule has 0 saturated carbocycles. The van der Waals surface area contributed by atoms with E-state index in [2.05, 4.69) is 10.2 Å². The summed E-state index contributed by atoms with van der Waals surface area (Å²) in [4.78, 5) is 21.5. The minimum Gasteiger partial charge on any atom is -0.477 e. The maximum absolute atomic E-state index is 10.8. The molecule has 0 aromatic carbocycles. The first-order valence-electron chi connectivity index (χ1n) is 5.19. The molecule has 0 bridgehead atoms. The number of hydrogen-bond acceptors (Lipinski definition) is 6. The van der Waals surface area contributed by atoms with E-state index in [1.54, 1.807) is 0 Å². The van der Waals surface area contributed by atoms with Crippen molar-refractivity contribution < 1.29 is 24.9 Å². The predicted molar refractivity (Wildman–Crippen MR) is 64.3 cm³/mol. The van der Waals surface area contributed by atoms with Crippen LogP contribution in [0.4, 0.5) is 0 Å². The Morgan fingerprint density at radius 3 is 2.72 bits per heavy atom. The molecule has 0 aliphatic heterocycles. The third-order valence-corrected chi connectivity index (χ3v) is 3.13. The van der Waals surface area contributed by atoms with Gasteiger partial charge in [-0.15, -0.1) is 0 Å². The van der Waals surface area contributed by atoms with Crippen molar-refractivity contribution in [2.24, 2.45) is 0 Å². The largest absolute Gasteiger partial charge is 0.477 e. The van der Waals surface area contributed by atoms with E-state index in [1.807, 2.05) is 0 Å². The molecule has 18 heavy (non-hydrogen) atoms. The van der Waals surface area contributed by atoms with Gasteiger partial charge in [-0.05, 0) is 6.42 Å². The molecule has 0 radical (unpaired) electrons. The Hall–Kier alpha value is -1.38. The quantitative estimate of drug-likeness (QED) is 0.583. The third kappa shape index (κ3) is 3.83. The summed E-state index contributed by atoms with van der Waals surface area (Å²) in [6.07, 6.45) is -1.15. The number of aromatic amines is 1. The predicted octanol–water partition coefficient (Wildman–Crippen LogP) is 0.172. The molecule has 7 nitrogen and oxygen atoms in total. The Bertz CT molecular complexity index is 434. The average Bonchev–Trinajstić information content (AvgIpc) is 2.76. The van der Waals surface area contributed by atoms with Crippen LogP contribution < -0.4 is 0 Å². The zero-order chi connectivity index (χ0) is 13.7. The number of carbonyl (C=O) groups is 2. The molecule has 1 heterocycles. The molecule has 0 aliphatic rings. The van der Waals surface area contributed by atoms with Gasteiger partial charge in [0.15, 0.2) is 5.12 Å². The topological polar surface area (TPSA) is 124 Å². The van der Waals surface area contributed by atoms with Gasteiger partial charge in [-0.2, -0.15) is 5.10 Å². The highest BCUT2D eigenvalue weighted by Crippen LogP contribution is 2.22. The van der Waals surface area contributed by atoms with Gasteiger partial charge >= 0.3 is 5.97 Å². The van der Waals surface area contributed by atoms with Gasteiger partial charge in [0.1, 0.15) is 11.8 Å². The second-order valence-corrected chi connectivity index (χ2v) is 4.92. The number of aliphatic hydroxyl groups is 2. The molecule has 0 saturated heterocycles. The molecule has 2 unspecified atom stereocenters. The van der Waals surface area contributed by atoms with Crippen molar-refractivity contribution in [3.8, 4) is 0 Å². The fraction of sp³-hybridized carbons (Fsp3) is 0.500. The summed E-state index contributed by atoms with van der Waals surface area (Å²) < 4.78 is 0. The molecule has 100 valence electrons. The van der Waals surface area contributed by atoms with Gasteiger partial charge in [-0.3, -0.25) is 9.89 Å². The van der Waals surface area contributed by atoms with Crippen LogP contribution in [-0.2, 0) is 4.79 Å². The minimum absolute atomic E-state index is 0.0304. The number of carboxylic acids is 1. The minimum atomic E-state index is -1.34. The molecule has 0 fully saturated rings. The van der Waals surface area contributed by atoms with E-state index in [9.17, 15) is 19.8 Å². The Balaban J connectivity index is 2.62. The molecule has 4 N–H and O–H groups in total. The van der Waals surface area contributed by atoms with Crippen LogP contribution in [0, 0.1) is 0 Å². The van der Waals surface area contributed by atoms with Crippen LogP contribution in [-0.4, -0.2) is 48.5 Å². The van der Waals surface area contributed by atoms with Crippen LogP contribution in [0.25, 0.3) is 0 Å². The molecule has 1 rings (SSSR count). The fourth-order valence-electron chi connectivity index (χ4n) is 1.38. The lowest BCUT2D eigenvalue weighted by Crippen LogP contribution is -2.20. The van der Waals surface area contributed by atoms with Crippen LogP contribution in [0.5, 0.6) is 0 Å². The molecule has 2 atom stereocenters. The molecule has 8 heteroatoms. The van der Waals surface area contributed by atoms with E-state index in [1.165, 1.54) is 6.92 Å². The monoisotopic (exact) mass is 274 g/mol. The second kappa shape index (κ2) is 6.53. The van der Waals surface area contributed by atoms with Crippen LogP contribution in [0.3, 0.4) is 0 Å². The summed E-state index contributed by atoms with van der Waals surface area (Å²) in [7, 11) is 0. The Morgan fingerprint density at radius 1 is 1.50 bits per heavy atom. The van der Waals surface area contributed by atoms with Crippen molar-refractivity contribution in [2.75, 3.05) is 5.75 Å². The summed E-state index contributed by atoms with van der Waals surface area (Å²) in [6.45, 7) is 1.41. The summed E-state index contributed by atoms with van der Waals surface area (Å²) in [5.74, 6) is -0.903. The van der Waals surface area contributed by atoms with Crippen LogP contribution >= 0.6 is 11.8 Å². The molecule has 1 aromatic heterocycles. The van der Waals surface area contributed by atoms with Gasteiger partial charge in [0, 0.05) is 18.2 Å². The van der Waals surface area contributed by atoms with E-state index in [-0.39, 0.29) is 22.8 Å². The number of aromatic nitrogens is 2. The van der Waals surface area contributed by atoms with Crippen LogP contribution in [0.1, 0.15) is 35.5 Å². The molecular formula is C10H14N2O5S. The first-order chi connectivity index (χ1) is 8.43. The van der Waals surface area contributed by atoms with Gasteiger partial charge in [0.05, 0.1) is 12.3 Å². The zero-order valence-corrected chi connectivity index (χ0v) is 10.5.